The molecule has 0 aliphatic carbocycles. The van der Waals surface area contributed by atoms with Gasteiger partial charge >= 0.3 is 0 Å². The molecule has 0 spiro atoms. The maximum Gasteiger partial charge on any atom is 0.225 e. The molecule has 1 aromatic rings. The summed E-state index contributed by atoms with van der Waals surface area (Å²) in [4.78, 5) is 18.3. The van der Waals surface area contributed by atoms with Crippen molar-refractivity contribution in [1.29, 1.82) is 0 Å². The summed E-state index contributed by atoms with van der Waals surface area (Å²) in [6, 6.07) is 10.7. The number of carbonyl (C=O) groups is 1. The van der Waals surface area contributed by atoms with Crippen molar-refractivity contribution in [2.24, 2.45) is 10.9 Å². The molecule has 1 aromatic carbocycles. The zero-order chi connectivity index (χ0) is 17.5. The zero-order valence-electron chi connectivity index (χ0n) is 15.2. The summed E-state index contributed by atoms with van der Waals surface area (Å²) in [5, 5.41) is 6.84. The molecule has 2 atom stereocenters. The summed E-state index contributed by atoms with van der Waals surface area (Å²) in [5.41, 5.74) is 1.31. The summed E-state index contributed by atoms with van der Waals surface area (Å²) in [6.45, 7) is 8.51. The molecule has 2 unspecified atom stereocenters. The molecule has 1 heterocycles. The molecule has 0 saturated carbocycles. The molecular weight excluding hydrogens is 300 g/mol. The largest absolute Gasteiger partial charge is 0.356 e. The van der Waals surface area contributed by atoms with Crippen LogP contribution in [0, 0.1) is 5.92 Å². The average Bonchev–Trinajstić information content (AvgIpc) is 3.06. The van der Waals surface area contributed by atoms with Crippen molar-refractivity contribution in [3.63, 3.8) is 0 Å². The Morgan fingerprint density at radius 3 is 2.62 bits per heavy atom. The number of amides is 1. The maximum atomic E-state index is 12.1. The Kier molecular flexibility index (Phi) is 6.64. The third kappa shape index (κ3) is 4.98. The summed E-state index contributed by atoms with van der Waals surface area (Å²) < 4.78 is 0. The summed E-state index contributed by atoms with van der Waals surface area (Å²) in [7, 11) is 1.79. The lowest BCUT2D eigenvalue weighted by Gasteiger charge is -2.21. The quantitative estimate of drug-likeness (QED) is 0.643. The van der Waals surface area contributed by atoms with E-state index in [1.807, 2.05) is 24.8 Å². The number of benzene rings is 1. The van der Waals surface area contributed by atoms with Gasteiger partial charge in [-0.2, -0.15) is 0 Å². The molecule has 5 nitrogen and oxygen atoms in total. The molecule has 1 amide bonds. The Balaban J connectivity index is 1.80. The van der Waals surface area contributed by atoms with Gasteiger partial charge in [0.1, 0.15) is 0 Å². The number of aliphatic imine (C=N–C) groups is 1. The SMILES string of the molecule is CN=C(NCC(C)c1ccccc1)NC1CCN(C(=O)C(C)C)C1. The molecule has 24 heavy (non-hydrogen) atoms. The van der Waals surface area contributed by atoms with Gasteiger partial charge in [-0.1, -0.05) is 51.1 Å². The van der Waals surface area contributed by atoms with Crippen LogP contribution in [0.25, 0.3) is 0 Å². The van der Waals surface area contributed by atoms with Crippen LogP contribution >= 0.6 is 0 Å². The second-order valence-corrected chi connectivity index (χ2v) is 6.83. The molecule has 132 valence electrons. The molecule has 1 aliphatic heterocycles. The first-order valence-corrected chi connectivity index (χ1v) is 8.82. The van der Waals surface area contributed by atoms with E-state index in [2.05, 4.69) is 46.8 Å². The molecule has 5 heteroatoms. The van der Waals surface area contributed by atoms with Gasteiger partial charge in [-0.3, -0.25) is 9.79 Å². The second kappa shape index (κ2) is 8.71. The summed E-state index contributed by atoms with van der Waals surface area (Å²) in [6.07, 6.45) is 0.966. The van der Waals surface area contributed by atoms with Crippen LogP contribution in [0.2, 0.25) is 0 Å². The number of likely N-dealkylation sites (tertiary alicyclic amines) is 1. The highest BCUT2D eigenvalue weighted by Gasteiger charge is 2.27. The highest BCUT2D eigenvalue weighted by atomic mass is 16.2. The van der Waals surface area contributed by atoms with Gasteiger partial charge in [0.2, 0.25) is 5.91 Å². The van der Waals surface area contributed by atoms with Gasteiger partial charge < -0.3 is 15.5 Å². The maximum absolute atomic E-state index is 12.1. The van der Waals surface area contributed by atoms with Crippen molar-refractivity contribution in [2.75, 3.05) is 26.7 Å². The Labute approximate surface area is 145 Å². The van der Waals surface area contributed by atoms with Crippen molar-refractivity contribution in [2.45, 2.75) is 39.2 Å². The van der Waals surface area contributed by atoms with E-state index in [-0.39, 0.29) is 17.9 Å². The van der Waals surface area contributed by atoms with Crippen LogP contribution in [0.3, 0.4) is 0 Å². The van der Waals surface area contributed by atoms with E-state index in [9.17, 15) is 4.79 Å². The van der Waals surface area contributed by atoms with Crippen LogP contribution in [0.5, 0.6) is 0 Å². The zero-order valence-corrected chi connectivity index (χ0v) is 15.2. The molecule has 1 saturated heterocycles. The minimum Gasteiger partial charge on any atom is -0.356 e. The van der Waals surface area contributed by atoms with Gasteiger partial charge in [0.25, 0.3) is 0 Å². The first-order chi connectivity index (χ1) is 11.5. The van der Waals surface area contributed by atoms with Gasteiger partial charge in [-0.05, 0) is 17.9 Å². The standard InChI is InChI=1S/C19H30N4O/c1-14(2)18(24)23-11-10-17(13-23)22-19(20-4)21-12-15(3)16-8-6-5-7-9-16/h5-9,14-15,17H,10-13H2,1-4H3,(H2,20,21,22). The smallest absolute Gasteiger partial charge is 0.225 e. The fourth-order valence-corrected chi connectivity index (χ4v) is 2.98. The molecule has 1 fully saturated rings. The normalized spacial score (nSPS) is 19.5. The van der Waals surface area contributed by atoms with E-state index in [0.717, 1.165) is 32.0 Å². The van der Waals surface area contributed by atoms with Crippen LogP contribution in [0.1, 0.15) is 38.7 Å². The van der Waals surface area contributed by atoms with Crippen molar-refractivity contribution in [1.82, 2.24) is 15.5 Å². The first-order valence-electron chi connectivity index (χ1n) is 8.82. The molecule has 0 aromatic heterocycles. The topological polar surface area (TPSA) is 56.7 Å². The fourth-order valence-electron chi connectivity index (χ4n) is 2.98. The number of guanidine groups is 1. The highest BCUT2D eigenvalue weighted by Crippen LogP contribution is 2.14. The van der Waals surface area contributed by atoms with E-state index in [4.69, 9.17) is 0 Å². The van der Waals surface area contributed by atoms with E-state index in [1.54, 1.807) is 7.05 Å². The Morgan fingerprint density at radius 1 is 1.29 bits per heavy atom. The monoisotopic (exact) mass is 330 g/mol. The molecule has 1 aliphatic rings. The third-order valence-electron chi connectivity index (χ3n) is 4.50. The number of nitrogens with one attached hydrogen (secondary N) is 2. The van der Waals surface area contributed by atoms with E-state index in [1.165, 1.54) is 5.56 Å². The number of carbonyl (C=O) groups excluding carboxylic acids is 1. The Morgan fingerprint density at radius 2 is 2.00 bits per heavy atom. The van der Waals surface area contributed by atoms with Crippen LogP contribution in [0.15, 0.2) is 35.3 Å². The Bertz CT molecular complexity index is 556. The highest BCUT2D eigenvalue weighted by molar-refractivity contribution is 5.81. The van der Waals surface area contributed by atoms with Gasteiger partial charge in [-0.25, -0.2) is 0 Å². The lowest BCUT2D eigenvalue weighted by molar-refractivity contribution is -0.133. The van der Waals surface area contributed by atoms with Crippen molar-refractivity contribution in [3.05, 3.63) is 35.9 Å². The first kappa shape index (κ1) is 18.3. The van der Waals surface area contributed by atoms with Crippen LogP contribution in [0.4, 0.5) is 0 Å². The van der Waals surface area contributed by atoms with Crippen molar-refractivity contribution in [3.8, 4) is 0 Å². The van der Waals surface area contributed by atoms with E-state index >= 15 is 0 Å². The van der Waals surface area contributed by atoms with Crippen LogP contribution < -0.4 is 10.6 Å². The third-order valence-corrected chi connectivity index (χ3v) is 4.50. The number of rotatable bonds is 5. The predicted molar refractivity (Wildman–Crippen MR) is 99.2 cm³/mol. The average molecular weight is 330 g/mol. The number of hydrogen-bond donors (Lipinski definition) is 2. The molecule has 0 radical (unpaired) electrons. The molecule has 2 N–H and O–H groups in total. The fraction of sp³-hybridized carbons (Fsp3) is 0.579. The molecular formula is C19H30N4O. The van der Waals surface area contributed by atoms with Crippen molar-refractivity contribution >= 4 is 11.9 Å². The van der Waals surface area contributed by atoms with E-state index < -0.39 is 0 Å². The lowest BCUT2D eigenvalue weighted by Crippen LogP contribution is -2.46. The molecule has 0 bridgehead atoms. The lowest BCUT2D eigenvalue weighted by atomic mass is 10.0. The van der Waals surface area contributed by atoms with Crippen LogP contribution in [-0.4, -0.2) is 49.5 Å². The van der Waals surface area contributed by atoms with Crippen LogP contribution in [-0.2, 0) is 4.79 Å². The van der Waals surface area contributed by atoms with Gasteiger partial charge in [0.15, 0.2) is 5.96 Å². The summed E-state index contributed by atoms with van der Waals surface area (Å²) >= 11 is 0. The van der Waals surface area contributed by atoms with E-state index in [0.29, 0.717) is 5.92 Å². The second-order valence-electron chi connectivity index (χ2n) is 6.83. The number of hydrogen-bond acceptors (Lipinski definition) is 2. The predicted octanol–water partition coefficient (Wildman–Crippen LogP) is 2.21. The van der Waals surface area contributed by atoms with Gasteiger partial charge in [0.05, 0.1) is 0 Å². The van der Waals surface area contributed by atoms with Crippen molar-refractivity contribution < 1.29 is 4.79 Å². The summed E-state index contributed by atoms with van der Waals surface area (Å²) in [5.74, 6) is 1.52. The van der Waals surface area contributed by atoms with Gasteiger partial charge in [-0.15, -0.1) is 0 Å². The Hall–Kier alpha value is -2.04. The minimum absolute atomic E-state index is 0.0629. The number of nitrogens with zero attached hydrogens (tertiary/aromatic N) is 2. The van der Waals surface area contributed by atoms with Gasteiger partial charge in [0, 0.05) is 38.6 Å². The molecule has 2 rings (SSSR count). The minimum atomic E-state index is 0.0629.